The molecule has 1 nitrogen and oxygen atoms in total. The van der Waals surface area contributed by atoms with Crippen LogP contribution in [0.5, 0.6) is 0 Å². The Labute approximate surface area is 102 Å². The molecule has 0 rings (SSSR count). The second kappa shape index (κ2) is 6.08. The summed E-state index contributed by atoms with van der Waals surface area (Å²) < 4.78 is 6.11. The van der Waals surface area contributed by atoms with Crippen molar-refractivity contribution in [1.82, 2.24) is 0 Å². The van der Waals surface area contributed by atoms with Crippen molar-refractivity contribution in [3.05, 3.63) is 25.3 Å². The predicted molar refractivity (Wildman–Crippen MR) is 74.9 cm³/mol. The van der Waals surface area contributed by atoms with Gasteiger partial charge < -0.3 is 4.43 Å². The predicted octanol–water partition coefficient (Wildman–Crippen LogP) is 4.14. The topological polar surface area (TPSA) is 9.23 Å². The van der Waals surface area contributed by atoms with Crippen molar-refractivity contribution in [3.8, 4) is 11.8 Å². The van der Waals surface area contributed by atoms with E-state index in [1.807, 2.05) is 0 Å². The number of hydrogen-bond acceptors (Lipinski definition) is 1. The Morgan fingerprint density at radius 2 is 1.88 bits per heavy atom. The van der Waals surface area contributed by atoms with Gasteiger partial charge in [0.1, 0.15) is 6.10 Å². The van der Waals surface area contributed by atoms with Crippen molar-refractivity contribution in [2.24, 2.45) is 0 Å². The van der Waals surface area contributed by atoms with E-state index in [-0.39, 0.29) is 11.1 Å². The summed E-state index contributed by atoms with van der Waals surface area (Å²) in [5, 5.41) is 0.203. The Morgan fingerprint density at radius 3 is 2.25 bits per heavy atom. The number of rotatable bonds is 4. The summed E-state index contributed by atoms with van der Waals surface area (Å²) in [6.45, 7) is 18.5. The third-order valence-corrected chi connectivity index (χ3v) is 7.39. The Hall–Kier alpha value is -0.783. The van der Waals surface area contributed by atoms with Gasteiger partial charge in [0.05, 0.1) is 0 Å². The van der Waals surface area contributed by atoms with Crippen LogP contribution in [0.3, 0.4) is 0 Å². The molecule has 90 valence electrons. The van der Waals surface area contributed by atoms with Gasteiger partial charge in [-0.3, -0.25) is 0 Å². The van der Waals surface area contributed by atoms with Crippen LogP contribution in [0, 0.1) is 11.8 Å². The van der Waals surface area contributed by atoms with Crippen LogP contribution in [0.15, 0.2) is 25.3 Å². The molecule has 0 bridgehead atoms. The monoisotopic (exact) mass is 236 g/mol. The van der Waals surface area contributed by atoms with Crippen LogP contribution in [-0.4, -0.2) is 14.4 Å². The molecule has 0 amide bonds. The lowest BCUT2D eigenvalue weighted by molar-refractivity contribution is 0.275. The highest BCUT2D eigenvalue weighted by Crippen LogP contribution is 2.37. The molecule has 1 unspecified atom stereocenters. The van der Waals surface area contributed by atoms with Gasteiger partial charge in [0.15, 0.2) is 8.32 Å². The molecule has 0 heterocycles. The highest BCUT2D eigenvalue weighted by molar-refractivity contribution is 6.74. The standard InChI is InChI=1S/C14H24OSi/c1-8-10-11-12-13(9-2)15-16(6,7)14(3,4)5/h8-9,13H,1-2,10H2,3-7H3. The quantitative estimate of drug-likeness (QED) is 0.405. The van der Waals surface area contributed by atoms with Crippen molar-refractivity contribution in [1.29, 1.82) is 0 Å². The molecular formula is C14H24OSi. The molecule has 0 aliphatic heterocycles. The van der Waals surface area contributed by atoms with Crippen molar-refractivity contribution in [2.45, 2.75) is 51.4 Å². The number of allylic oxidation sites excluding steroid dienone is 1. The van der Waals surface area contributed by atoms with Crippen molar-refractivity contribution in [3.63, 3.8) is 0 Å². The molecule has 0 aromatic carbocycles. The molecular weight excluding hydrogens is 212 g/mol. The molecule has 0 saturated heterocycles. The molecule has 0 fully saturated rings. The second-order valence-corrected chi connectivity index (χ2v) is 10.1. The van der Waals surface area contributed by atoms with Crippen LogP contribution in [0.4, 0.5) is 0 Å². The van der Waals surface area contributed by atoms with Crippen LogP contribution >= 0.6 is 0 Å². The van der Waals surface area contributed by atoms with Crippen LogP contribution in [-0.2, 0) is 4.43 Å². The van der Waals surface area contributed by atoms with Gasteiger partial charge in [-0.2, -0.15) is 0 Å². The summed E-state index contributed by atoms with van der Waals surface area (Å²) in [6.07, 6.45) is 4.11. The van der Waals surface area contributed by atoms with Gasteiger partial charge in [-0.1, -0.05) is 51.3 Å². The average Bonchev–Trinajstić information content (AvgIpc) is 2.14. The lowest BCUT2D eigenvalue weighted by Gasteiger charge is -2.37. The minimum atomic E-state index is -1.75. The molecule has 2 heteroatoms. The highest BCUT2D eigenvalue weighted by atomic mass is 28.4. The average molecular weight is 236 g/mol. The molecule has 0 aromatic rings. The third kappa shape index (κ3) is 4.83. The maximum atomic E-state index is 6.11. The fourth-order valence-corrected chi connectivity index (χ4v) is 2.01. The van der Waals surface area contributed by atoms with E-state index in [4.69, 9.17) is 4.43 Å². The molecule has 0 radical (unpaired) electrons. The van der Waals surface area contributed by atoms with E-state index < -0.39 is 8.32 Å². The molecule has 0 saturated carbocycles. The van der Waals surface area contributed by atoms with E-state index in [9.17, 15) is 0 Å². The van der Waals surface area contributed by atoms with E-state index in [1.54, 1.807) is 12.2 Å². The van der Waals surface area contributed by atoms with Gasteiger partial charge in [-0.15, -0.1) is 6.58 Å². The zero-order chi connectivity index (χ0) is 12.8. The van der Waals surface area contributed by atoms with Crippen LogP contribution < -0.4 is 0 Å². The van der Waals surface area contributed by atoms with E-state index in [2.05, 4.69) is 58.9 Å². The Balaban J connectivity index is 4.62. The lowest BCUT2D eigenvalue weighted by Crippen LogP contribution is -2.43. The fourth-order valence-electron chi connectivity index (χ4n) is 0.862. The van der Waals surface area contributed by atoms with Gasteiger partial charge >= 0.3 is 0 Å². The second-order valence-electron chi connectivity index (χ2n) is 5.35. The molecule has 0 aromatic heterocycles. The van der Waals surface area contributed by atoms with Gasteiger partial charge in [0.25, 0.3) is 0 Å². The summed E-state index contributed by atoms with van der Waals surface area (Å²) in [5.74, 6) is 6.09. The van der Waals surface area contributed by atoms with Crippen LogP contribution in [0.1, 0.15) is 27.2 Å². The summed E-state index contributed by atoms with van der Waals surface area (Å²) in [5.41, 5.74) is 0. The zero-order valence-corrected chi connectivity index (χ0v) is 12.3. The van der Waals surface area contributed by atoms with Crippen molar-refractivity contribution in [2.75, 3.05) is 0 Å². The first-order valence-electron chi connectivity index (χ1n) is 5.64. The molecule has 16 heavy (non-hydrogen) atoms. The van der Waals surface area contributed by atoms with E-state index >= 15 is 0 Å². The Kier molecular flexibility index (Phi) is 5.78. The molecule has 0 aliphatic carbocycles. The summed E-state index contributed by atoms with van der Waals surface area (Å²) >= 11 is 0. The molecule has 0 spiro atoms. The Bertz CT molecular complexity index is 299. The Morgan fingerprint density at radius 1 is 1.31 bits per heavy atom. The first-order valence-corrected chi connectivity index (χ1v) is 8.55. The van der Waals surface area contributed by atoms with E-state index in [0.29, 0.717) is 6.42 Å². The van der Waals surface area contributed by atoms with Crippen LogP contribution in [0.2, 0.25) is 18.1 Å². The van der Waals surface area contributed by atoms with Crippen molar-refractivity contribution >= 4 is 8.32 Å². The minimum Gasteiger partial charge on any atom is -0.400 e. The summed E-state index contributed by atoms with van der Waals surface area (Å²) in [6, 6.07) is 0. The zero-order valence-electron chi connectivity index (χ0n) is 11.3. The highest BCUT2D eigenvalue weighted by Gasteiger charge is 2.38. The molecule has 1 atom stereocenters. The minimum absolute atomic E-state index is 0.152. The van der Waals surface area contributed by atoms with E-state index in [0.717, 1.165) is 0 Å². The first-order chi connectivity index (χ1) is 7.24. The maximum Gasteiger partial charge on any atom is 0.194 e. The maximum absolute atomic E-state index is 6.11. The van der Waals surface area contributed by atoms with Gasteiger partial charge in [-0.25, -0.2) is 0 Å². The first kappa shape index (κ1) is 15.2. The van der Waals surface area contributed by atoms with Gasteiger partial charge in [0, 0.05) is 6.42 Å². The van der Waals surface area contributed by atoms with E-state index in [1.165, 1.54) is 0 Å². The fraction of sp³-hybridized carbons (Fsp3) is 0.571. The smallest absolute Gasteiger partial charge is 0.194 e. The van der Waals surface area contributed by atoms with Gasteiger partial charge in [0.2, 0.25) is 0 Å². The summed E-state index contributed by atoms with van der Waals surface area (Å²) in [7, 11) is -1.75. The normalized spacial score (nSPS) is 13.6. The molecule has 0 N–H and O–H groups in total. The van der Waals surface area contributed by atoms with Crippen LogP contribution in [0.25, 0.3) is 0 Å². The SMILES string of the molecule is C=CCC#CC(C=C)O[Si](C)(C)C(C)(C)C. The van der Waals surface area contributed by atoms with Crippen molar-refractivity contribution < 1.29 is 4.43 Å². The third-order valence-electron chi connectivity index (χ3n) is 2.93. The summed E-state index contributed by atoms with van der Waals surface area (Å²) in [4.78, 5) is 0. The number of hydrogen-bond donors (Lipinski definition) is 0. The molecule has 0 aliphatic rings. The van der Waals surface area contributed by atoms with Gasteiger partial charge in [-0.05, 0) is 18.1 Å². The lowest BCUT2D eigenvalue weighted by atomic mass is 10.2. The largest absolute Gasteiger partial charge is 0.400 e.